The van der Waals surface area contributed by atoms with E-state index in [1.54, 1.807) is 19.6 Å². The van der Waals surface area contributed by atoms with Crippen molar-refractivity contribution >= 4 is 11.8 Å². The minimum absolute atomic E-state index is 0.574. The molecule has 118 valence electrons. The van der Waals surface area contributed by atoms with Gasteiger partial charge in [0.05, 0.1) is 19.9 Å². The normalized spacial score (nSPS) is 10.3. The number of aromatic nitrogens is 2. The van der Waals surface area contributed by atoms with Crippen LogP contribution in [0.2, 0.25) is 0 Å². The zero-order chi connectivity index (χ0) is 15.9. The van der Waals surface area contributed by atoms with E-state index in [9.17, 15) is 0 Å². The lowest BCUT2D eigenvalue weighted by Crippen LogP contribution is -2.06. The Hall–Kier alpha value is -3.02. The standard InChI is InChI=1S/C17H18N4O2/c1-22-14-6-4-13(5-7-14)11-20-17-18-9-8-16(21-17)19-12-15-3-2-10-23-15/h2-10H,11-12H2,1H3,(H2,18,19,20,21). The molecule has 0 radical (unpaired) electrons. The van der Waals surface area contributed by atoms with Gasteiger partial charge in [-0.15, -0.1) is 0 Å². The van der Waals surface area contributed by atoms with Crippen LogP contribution in [0, 0.1) is 0 Å². The molecule has 2 N–H and O–H groups in total. The lowest BCUT2D eigenvalue weighted by molar-refractivity contribution is 0.414. The fourth-order valence-electron chi connectivity index (χ4n) is 2.06. The van der Waals surface area contributed by atoms with Gasteiger partial charge in [0.2, 0.25) is 5.95 Å². The van der Waals surface area contributed by atoms with Crippen LogP contribution in [-0.4, -0.2) is 17.1 Å². The van der Waals surface area contributed by atoms with E-state index in [4.69, 9.17) is 9.15 Å². The van der Waals surface area contributed by atoms with Crippen LogP contribution in [0.15, 0.2) is 59.3 Å². The Morgan fingerprint density at radius 1 is 1.04 bits per heavy atom. The van der Waals surface area contributed by atoms with Gasteiger partial charge >= 0.3 is 0 Å². The number of furan rings is 1. The molecule has 0 saturated heterocycles. The minimum atomic E-state index is 0.574. The van der Waals surface area contributed by atoms with Gasteiger partial charge in [0.25, 0.3) is 0 Å². The molecule has 23 heavy (non-hydrogen) atoms. The number of nitrogens with zero attached hydrogens (tertiary/aromatic N) is 2. The van der Waals surface area contributed by atoms with Crippen LogP contribution in [0.4, 0.5) is 11.8 Å². The Bertz CT molecular complexity index is 727. The number of methoxy groups -OCH3 is 1. The smallest absolute Gasteiger partial charge is 0.224 e. The van der Waals surface area contributed by atoms with Gasteiger partial charge in [0.1, 0.15) is 17.3 Å². The van der Waals surface area contributed by atoms with Gasteiger partial charge < -0.3 is 19.8 Å². The predicted octanol–water partition coefficient (Wildman–Crippen LogP) is 3.30. The van der Waals surface area contributed by atoms with Gasteiger partial charge in [-0.05, 0) is 35.9 Å². The second-order valence-electron chi connectivity index (χ2n) is 4.90. The highest BCUT2D eigenvalue weighted by atomic mass is 16.5. The number of rotatable bonds is 7. The highest BCUT2D eigenvalue weighted by Crippen LogP contribution is 2.13. The number of hydrogen-bond donors (Lipinski definition) is 2. The molecule has 0 amide bonds. The Kier molecular flexibility index (Phi) is 4.73. The zero-order valence-corrected chi connectivity index (χ0v) is 12.8. The Labute approximate surface area is 134 Å². The van der Waals surface area contributed by atoms with Crippen molar-refractivity contribution in [3.8, 4) is 5.75 Å². The third-order valence-corrected chi connectivity index (χ3v) is 3.29. The summed E-state index contributed by atoms with van der Waals surface area (Å²) in [5.74, 6) is 3.02. The molecule has 0 bridgehead atoms. The first kappa shape index (κ1) is 14.9. The summed E-state index contributed by atoms with van der Waals surface area (Å²) < 4.78 is 10.4. The number of ether oxygens (including phenoxy) is 1. The monoisotopic (exact) mass is 310 g/mol. The summed E-state index contributed by atoms with van der Waals surface area (Å²) in [7, 11) is 1.66. The summed E-state index contributed by atoms with van der Waals surface area (Å²) in [5, 5.41) is 6.40. The van der Waals surface area contributed by atoms with E-state index in [1.165, 1.54) is 0 Å². The molecule has 0 aliphatic rings. The molecule has 0 aliphatic carbocycles. The summed E-state index contributed by atoms with van der Waals surface area (Å²) in [5.41, 5.74) is 1.13. The fraction of sp³-hybridized carbons (Fsp3) is 0.176. The van der Waals surface area contributed by atoms with Crippen LogP contribution in [-0.2, 0) is 13.1 Å². The third kappa shape index (κ3) is 4.23. The molecule has 1 aromatic carbocycles. The van der Waals surface area contributed by atoms with Crippen LogP contribution in [0.1, 0.15) is 11.3 Å². The average Bonchev–Trinajstić information content (AvgIpc) is 3.12. The van der Waals surface area contributed by atoms with E-state index in [0.717, 1.165) is 22.9 Å². The maximum Gasteiger partial charge on any atom is 0.224 e. The third-order valence-electron chi connectivity index (χ3n) is 3.29. The topological polar surface area (TPSA) is 72.2 Å². The first-order valence-corrected chi connectivity index (χ1v) is 7.29. The molecule has 0 fully saturated rings. The lowest BCUT2D eigenvalue weighted by Gasteiger charge is -2.08. The fourth-order valence-corrected chi connectivity index (χ4v) is 2.06. The van der Waals surface area contributed by atoms with Gasteiger partial charge in [0.15, 0.2) is 0 Å². The van der Waals surface area contributed by atoms with E-state index in [1.807, 2.05) is 42.5 Å². The van der Waals surface area contributed by atoms with Crippen molar-refractivity contribution in [2.75, 3.05) is 17.7 Å². The van der Waals surface area contributed by atoms with Crippen molar-refractivity contribution in [1.82, 2.24) is 9.97 Å². The number of anilines is 2. The van der Waals surface area contributed by atoms with Crippen LogP contribution < -0.4 is 15.4 Å². The van der Waals surface area contributed by atoms with Crippen molar-refractivity contribution in [3.63, 3.8) is 0 Å². The molecular formula is C17H18N4O2. The van der Waals surface area contributed by atoms with Crippen LogP contribution in [0.3, 0.4) is 0 Å². The van der Waals surface area contributed by atoms with Gasteiger partial charge in [-0.25, -0.2) is 4.98 Å². The Morgan fingerprint density at radius 3 is 2.65 bits per heavy atom. The molecule has 0 atom stereocenters. The second kappa shape index (κ2) is 7.31. The summed E-state index contributed by atoms with van der Waals surface area (Å²) in [6.07, 6.45) is 3.37. The van der Waals surface area contributed by atoms with E-state index in [2.05, 4.69) is 20.6 Å². The summed E-state index contributed by atoms with van der Waals surface area (Å²) >= 11 is 0. The first-order chi connectivity index (χ1) is 11.3. The van der Waals surface area contributed by atoms with E-state index < -0.39 is 0 Å². The summed E-state index contributed by atoms with van der Waals surface area (Å²) in [6.45, 7) is 1.23. The van der Waals surface area contributed by atoms with E-state index in [-0.39, 0.29) is 0 Å². The molecule has 3 aromatic rings. The zero-order valence-electron chi connectivity index (χ0n) is 12.8. The summed E-state index contributed by atoms with van der Waals surface area (Å²) in [6, 6.07) is 13.5. The van der Waals surface area contributed by atoms with E-state index in [0.29, 0.717) is 19.0 Å². The largest absolute Gasteiger partial charge is 0.497 e. The second-order valence-corrected chi connectivity index (χ2v) is 4.90. The van der Waals surface area contributed by atoms with Crippen molar-refractivity contribution in [2.24, 2.45) is 0 Å². The maximum absolute atomic E-state index is 5.28. The molecule has 0 spiro atoms. The van der Waals surface area contributed by atoms with Crippen molar-refractivity contribution < 1.29 is 9.15 Å². The highest BCUT2D eigenvalue weighted by molar-refractivity contribution is 5.40. The Morgan fingerprint density at radius 2 is 1.91 bits per heavy atom. The molecule has 6 nitrogen and oxygen atoms in total. The van der Waals surface area contributed by atoms with E-state index >= 15 is 0 Å². The van der Waals surface area contributed by atoms with Crippen LogP contribution >= 0.6 is 0 Å². The predicted molar refractivity (Wildman–Crippen MR) is 88.4 cm³/mol. The molecule has 0 aliphatic heterocycles. The van der Waals surface area contributed by atoms with Crippen LogP contribution in [0.25, 0.3) is 0 Å². The van der Waals surface area contributed by atoms with Crippen molar-refractivity contribution in [1.29, 1.82) is 0 Å². The highest BCUT2D eigenvalue weighted by Gasteiger charge is 2.01. The molecule has 6 heteroatoms. The van der Waals surface area contributed by atoms with Crippen molar-refractivity contribution in [3.05, 3.63) is 66.2 Å². The number of nitrogens with one attached hydrogen (secondary N) is 2. The molecule has 3 rings (SSSR count). The van der Waals surface area contributed by atoms with Gasteiger partial charge in [-0.1, -0.05) is 12.1 Å². The lowest BCUT2D eigenvalue weighted by atomic mass is 10.2. The molecule has 2 heterocycles. The van der Waals surface area contributed by atoms with Gasteiger partial charge in [-0.2, -0.15) is 4.98 Å². The van der Waals surface area contributed by atoms with Crippen molar-refractivity contribution in [2.45, 2.75) is 13.1 Å². The summed E-state index contributed by atoms with van der Waals surface area (Å²) in [4.78, 5) is 8.64. The molecule has 2 aromatic heterocycles. The Balaban J connectivity index is 1.56. The molecule has 0 saturated carbocycles. The van der Waals surface area contributed by atoms with Gasteiger partial charge in [-0.3, -0.25) is 0 Å². The molecular weight excluding hydrogens is 292 g/mol. The average molecular weight is 310 g/mol. The van der Waals surface area contributed by atoms with Crippen LogP contribution in [0.5, 0.6) is 5.75 Å². The first-order valence-electron chi connectivity index (χ1n) is 7.29. The molecule has 0 unspecified atom stereocenters. The number of benzene rings is 1. The quantitative estimate of drug-likeness (QED) is 0.697. The minimum Gasteiger partial charge on any atom is -0.497 e. The number of hydrogen-bond acceptors (Lipinski definition) is 6. The SMILES string of the molecule is COc1ccc(CNc2nccc(NCc3ccco3)n2)cc1. The maximum atomic E-state index is 5.28. The van der Waals surface area contributed by atoms with Gasteiger partial charge in [0, 0.05) is 12.7 Å².